The molecule has 0 radical (unpaired) electrons. The fourth-order valence-electron chi connectivity index (χ4n) is 0.788. The molecule has 0 atom stereocenters. The summed E-state index contributed by atoms with van der Waals surface area (Å²) in [6.45, 7) is 7.05. The number of amides is 1. The summed E-state index contributed by atoms with van der Waals surface area (Å²) in [6.07, 6.45) is 0.484. The molecule has 0 aliphatic heterocycles. The smallest absolute Gasteiger partial charge is 0.407 e. The van der Waals surface area contributed by atoms with Crippen LogP contribution in [-0.2, 0) is 9.53 Å². The van der Waals surface area contributed by atoms with Crippen LogP contribution in [-0.4, -0.2) is 29.3 Å². The Bertz CT molecular complexity index is 276. The van der Waals surface area contributed by atoms with Gasteiger partial charge in [0, 0.05) is 12.6 Å². The molecule has 0 aromatic carbocycles. The number of carbonyl (C=O) groups is 2. The summed E-state index contributed by atoms with van der Waals surface area (Å²) in [5, 5.41) is 10.9. The van der Waals surface area contributed by atoms with E-state index in [2.05, 4.69) is 5.32 Å². The van der Waals surface area contributed by atoms with Gasteiger partial charge in [0.05, 0.1) is 0 Å². The number of aliphatic carboxylic acids is 1. The monoisotopic (exact) mass is 215 g/mol. The van der Waals surface area contributed by atoms with Crippen molar-refractivity contribution >= 4 is 12.1 Å². The molecule has 0 bridgehead atoms. The van der Waals surface area contributed by atoms with Crippen LogP contribution in [0.1, 0.15) is 27.7 Å². The van der Waals surface area contributed by atoms with Crippen LogP contribution in [0.2, 0.25) is 0 Å². The lowest BCUT2D eigenvalue weighted by Crippen LogP contribution is -2.33. The summed E-state index contributed by atoms with van der Waals surface area (Å²) in [5.41, 5.74) is 0.00228. The SMILES string of the molecule is CC(=CC(=O)O)CNC(=O)OC(C)(C)C. The maximum absolute atomic E-state index is 11.1. The number of hydrogen-bond donors (Lipinski definition) is 2. The Morgan fingerprint density at radius 2 is 1.93 bits per heavy atom. The number of ether oxygens (including phenoxy) is 1. The molecule has 0 aliphatic rings. The highest BCUT2D eigenvalue weighted by atomic mass is 16.6. The molecule has 5 heteroatoms. The molecule has 0 unspecified atom stereocenters. The van der Waals surface area contributed by atoms with Crippen molar-refractivity contribution in [2.24, 2.45) is 0 Å². The standard InChI is InChI=1S/C10H17NO4/c1-7(5-8(12)13)6-11-9(14)15-10(2,3)4/h5H,6H2,1-4H3,(H,11,14)(H,12,13). The molecule has 0 aromatic heterocycles. The largest absolute Gasteiger partial charge is 0.478 e. The molecule has 0 aromatic rings. The average molecular weight is 215 g/mol. The first-order valence-corrected chi connectivity index (χ1v) is 4.57. The molecular formula is C10H17NO4. The highest BCUT2D eigenvalue weighted by Gasteiger charge is 2.15. The van der Waals surface area contributed by atoms with E-state index >= 15 is 0 Å². The van der Waals surface area contributed by atoms with Crippen molar-refractivity contribution in [2.45, 2.75) is 33.3 Å². The van der Waals surface area contributed by atoms with E-state index in [9.17, 15) is 9.59 Å². The van der Waals surface area contributed by atoms with Gasteiger partial charge >= 0.3 is 12.1 Å². The third-order valence-electron chi connectivity index (χ3n) is 1.28. The van der Waals surface area contributed by atoms with Crippen LogP contribution in [0.25, 0.3) is 0 Å². The van der Waals surface area contributed by atoms with Crippen LogP contribution >= 0.6 is 0 Å². The van der Waals surface area contributed by atoms with Crippen molar-refractivity contribution in [3.8, 4) is 0 Å². The zero-order chi connectivity index (χ0) is 12.1. The summed E-state index contributed by atoms with van der Waals surface area (Å²) in [5.74, 6) is -1.03. The molecule has 86 valence electrons. The van der Waals surface area contributed by atoms with Crippen molar-refractivity contribution in [2.75, 3.05) is 6.54 Å². The van der Waals surface area contributed by atoms with Crippen molar-refractivity contribution < 1.29 is 19.4 Å². The van der Waals surface area contributed by atoms with Crippen molar-refractivity contribution in [3.05, 3.63) is 11.6 Å². The van der Waals surface area contributed by atoms with Gasteiger partial charge in [0.25, 0.3) is 0 Å². The van der Waals surface area contributed by atoms with E-state index in [0.29, 0.717) is 5.57 Å². The Morgan fingerprint density at radius 1 is 1.40 bits per heavy atom. The van der Waals surface area contributed by atoms with E-state index in [0.717, 1.165) is 6.08 Å². The van der Waals surface area contributed by atoms with E-state index in [4.69, 9.17) is 9.84 Å². The van der Waals surface area contributed by atoms with Crippen LogP contribution in [0.5, 0.6) is 0 Å². The van der Waals surface area contributed by atoms with Gasteiger partial charge in [-0.3, -0.25) is 0 Å². The second kappa shape index (κ2) is 5.38. The van der Waals surface area contributed by atoms with Gasteiger partial charge in [-0.1, -0.05) is 0 Å². The fourth-order valence-corrected chi connectivity index (χ4v) is 0.788. The normalized spacial score (nSPS) is 12.1. The Morgan fingerprint density at radius 3 is 2.33 bits per heavy atom. The summed E-state index contributed by atoms with van der Waals surface area (Å²) in [7, 11) is 0. The van der Waals surface area contributed by atoms with Gasteiger partial charge in [0.15, 0.2) is 0 Å². The summed E-state index contributed by atoms with van der Waals surface area (Å²) in [6, 6.07) is 0. The van der Waals surface area contributed by atoms with Crippen LogP contribution in [0.4, 0.5) is 4.79 Å². The fraction of sp³-hybridized carbons (Fsp3) is 0.600. The minimum atomic E-state index is -1.03. The third-order valence-corrected chi connectivity index (χ3v) is 1.28. The zero-order valence-electron chi connectivity index (χ0n) is 9.46. The molecule has 15 heavy (non-hydrogen) atoms. The van der Waals surface area contributed by atoms with E-state index in [1.54, 1.807) is 27.7 Å². The Labute approximate surface area is 89.1 Å². The van der Waals surface area contributed by atoms with Crippen LogP contribution in [0, 0.1) is 0 Å². The van der Waals surface area contributed by atoms with Crippen molar-refractivity contribution in [1.29, 1.82) is 0 Å². The lowest BCUT2D eigenvalue weighted by molar-refractivity contribution is -0.131. The molecule has 0 rings (SSSR count). The number of rotatable bonds is 3. The molecule has 0 spiro atoms. The van der Waals surface area contributed by atoms with E-state index in [-0.39, 0.29) is 6.54 Å². The highest BCUT2D eigenvalue weighted by Crippen LogP contribution is 2.06. The van der Waals surface area contributed by atoms with Gasteiger partial charge < -0.3 is 15.2 Å². The molecule has 5 nitrogen and oxygen atoms in total. The van der Waals surface area contributed by atoms with Crippen molar-refractivity contribution in [3.63, 3.8) is 0 Å². The maximum atomic E-state index is 11.1. The third kappa shape index (κ3) is 8.80. The maximum Gasteiger partial charge on any atom is 0.407 e. The Hall–Kier alpha value is -1.52. The molecule has 1 amide bonds. The number of carboxylic acids is 1. The minimum absolute atomic E-state index is 0.168. The lowest BCUT2D eigenvalue weighted by Gasteiger charge is -2.19. The topological polar surface area (TPSA) is 75.6 Å². The first-order valence-electron chi connectivity index (χ1n) is 4.57. The van der Waals surface area contributed by atoms with Gasteiger partial charge in [-0.05, 0) is 33.3 Å². The number of carboxylic acid groups (broad SMARTS) is 1. The number of hydrogen-bond acceptors (Lipinski definition) is 3. The average Bonchev–Trinajstić information content (AvgIpc) is 1.96. The first kappa shape index (κ1) is 13.5. The number of carbonyl (C=O) groups excluding carboxylic acids is 1. The second-order valence-corrected chi connectivity index (χ2v) is 4.18. The summed E-state index contributed by atoms with van der Waals surface area (Å²) in [4.78, 5) is 21.4. The molecule has 2 N–H and O–H groups in total. The van der Waals surface area contributed by atoms with E-state index in [1.165, 1.54) is 0 Å². The molecule has 0 fully saturated rings. The van der Waals surface area contributed by atoms with Crippen LogP contribution in [0.3, 0.4) is 0 Å². The van der Waals surface area contributed by atoms with Gasteiger partial charge in [-0.15, -0.1) is 0 Å². The first-order chi connectivity index (χ1) is 6.70. The Kier molecular flexibility index (Phi) is 4.84. The lowest BCUT2D eigenvalue weighted by atomic mass is 10.2. The summed E-state index contributed by atoms with van der Waals surface area (Å²) >= 11 is 0. The molecule has 0 heterocycles. The summed E-state index contributed by atoms with van der Waals surface area (Å²) < 4.78 is 4.97. The van der Waals surface area contributed by atoms with Crippen LogP contribution < -0.4 is 5.32 Å². The van der Waals surface area contributed by atoms with Gasteiger partial charge in [-0.2, -0.15) is 0 Å². The second-order valence-electron chi connectivity index (χ2n) is 4.18. The minimum Gasteiger partial charge on any atom is -0.478 e. The Balaban J connectivity index is 3.97. The van der Waals surface area contributed by atoms with E-state index < -0.39 is 17.7 Å². The van der Waals surface area contributed by atoms with Crippen LogP contribution in [0.15, 0.2) is 11.6 Å². The van der Waals surface area contributed by atoms with Crippen molar-refractivity contribution in [1.82, 2.24) is 5.32 Å². The highest BCUT2D eigenvalue weighted by molar-refractivity contribution is 5.80. The zero-order valence-corrected chi connectivity index (χ0v) is 9.46. The molecule has 0 saturated carbocycles. The van der Waals surface area contributed by atoms with Gasteiger partial charge in [0.2, 0.25) is 0 Å². The predicted molar refractivity (Wildman–Crippen MR) is 55.6 cm³/mol. The number of nitrogens with one attached hydrogen (secondary N) is 1. The number of alkyl carbamates (subject to hydrolysis) is 1. The predicted octanol–water partition coefficient (Wildman–Crippen LogP) is 1.54. The molecule has 0 saturated heterocycles. The van der Waals surface area contributed by atoms with Gasteiger partial charge in [-0.25, -0.2) is 9.59 Å². The van der Waals surface area contributed by atoms with E-state index in [1.807, 2.05) is 0 Å². The quantitative estimate of drug-likeness (QED) is 0.700. The molecular weight excluding hydrogens is 198 g/mol. The van der Waals surface area contributed by atoms with Gasteiger partial charge in [0.1, 0.15) is 5.60 Å². The molecule has 0 aliphatic carbocycles.